The summed E-state index contributed by atoms with van der Waals surface area (Å²) in [5.74, 6) is 1.95. The summed E-state index contributed by atoms with van der Waals surface area (Å²) < 4.78 is 0. The van der Waals surface area contributed by atoms with Crippen molar-refractivity contribution in [2.24, 2.45) is 22.7 Å². The summed E-state index contributed by atoms with van der Waals surface area (Å²) in [6, 6.07) is 2.73. The summed E-state index contributed by atoms with van der Waals surface area (Å²) in [5, 5.41) is 9.73. The van der Waals surface area contributed by atoms with Crippen LogP contribution in [0.5, 0.6) is 0 Å². The van der Waals surface area contributed by atoms with Gasteiger partial charge in [0.2, 0.25) is 0 Å². The summed E-state index contributed by atoms with van der Waals surface area (Å²) in [6.45, 7) is 2.25. The third kappa shape index (κ3) is 3.47. The Kier molecular flexibility index (Phi) is 5.71. The van der Waals surface area contributed by atoms with Crippen LogP contribution >= 0.6 is 0 Å². The minimum atomic E-state index is 0.0354. The summed E-state index contributed by atoms with van der Waals surface area (Å²) in [6.07, 6.45) is 22.3. The lowest BCUT2D eigenvalue weighted by atomic mass is 9.51. The maximum absolute atomic E-state index is 9.73. The molecule has 3 saturated carbocycles. The number of rotatable bonds is 4. The second-order valence-electron chi connectivity index (χ2n) is 9.05. The molecule has 0 spiro atoms. The zero-order valence-corrected chi connectivity index (χ0v) is 15.4. The molecule has 1 nitrogen and oxygen atoms in total. The topological polar surface area (TPSA) is 23.8 Å². The summed E-state index contributed by atoms with van der Waals surface area (Å²) in [4.78, 5) is 0. The van der Waals surface area contributed by atoms with Crippen molar-refractivity contribution in [2.45, 2.75) is 110 Å². The molecule has 3 fully saturated rings. The average molecular weight is 316 g/mol. The fourth-order valence-corrected chi connectivity index (χ4v) is 6.68. The SMILES string of the molecule is CCC[C@]1(C#N)CC[C@@H](C2(C3CCCCC3)CCCCC2)CC1. The third-order valence-electron chi connectivity index (χ3n) is 7.92. The van der Waals surface area contributed by atoms with Crippen LogP contribution < -0.4 is 0 Å². The fraction of sp³-hybridized carbons (Fsp3) is 0.955. The molecule has 3 rings (SSSR count). The Labute approximate surface area is 144 Å². The van der Waals surface area contributed by atoms with Crippen LogP contribution in [0.1, 0.15) is 110 Å². The fourth-order valence-electron chi connectivity index (χ4n) is 6.68. The second-order valence-corrected chi connectivity index (χ2v) is 9.05. The van der Waals surface area contributed by atoms with Crippen LogP contribution in [-0.2, 0) is 0 Å². The van der Waals surface area contributed by atoms with Gasteiger partial charge in [-0.15, -0.1) is 0 Å². The van der Waals surface area contributed by atoms with E-state index in [1.807, 2.05) is 0 Å². The molecule has 0 aliphatic heterocycles. The molecule has 23 heavy (non-hydrogen) atoms. The second kappa shape index (κ2) is 7.58. The van der Waals surface area contributed by atoms with Crippen LogP contribution in [0.3, 0.4) is 0 Å². The number of nitriles is 1. The lowest BCUT2D eigenvalue weighted by Crippen LogP contribution is -2.43. The minimum Gasteiger partial charge on any atom is -0.198 e. The first-order chi connectivity index (χ1) is 11.2. The Morgan fingerprint density at radius 2 is 1.35 bits per heavy atom. The molecule has 130 valence electrons. The molecule has 0 bridgehead atoms. The van der Waals surface area contributed by atoms with Gasteiger partial charge < -0.3 is 0 Å². The van der Waals surface area contributed by atoms with Gasteiger partial charge in [0.15, 0.2) is 0 Å². The lowest BCUT2D eigenvalue weighted by Gasteiger charge is -2.53. The maximum atomic E-state index is 9.73. The van der Waals surface area contributed by atoms with Crippen LogP contribution in [0, 0.1) is 34.0 Å². The van der Waals surface area contributed by atoms with E-state index in [0.717, 1.165) is 18.3 Å². The first-order valence-electron chi connectivity index (χ1n) is 10.7. The summed E-state index contributed by atoms with van der Waals surface area (Å²) in [5.41, 5.74) is 0.709. The number of nitrogens with zero attached hydrogens (tertiary/aromatic N) is 1. The molecule has 0 heterocycles. The zero-order valence-electron chi connectivity index (χ0n) is 15.4. The van der Waals surface area contributed by atoms with Crippen molar-refractivity contribution in [3.05, 3.63) is 0 Å². The highest BCUT2D eigenvalue weighted by Gasteiger charge is 2.48. The molecule has 0 saturated heterocycles. The van der Waals surface area contributed by atoms with Crippen molar-refractivity contribution < 1.29 is 0 Å². The summed E-state index contributed by atoms with van der Waals surface area (Å²) in [7, 11) is 0. The highest BCUT2D eigenvalue weighted by molar-refractivity contribution is 5.05. The Hall–Kier alpha value is -0.510. The van der Waals surface area contributed by atoms with E-state index >= 15 is 0 Å². The predicted octanol–water partition coefficient (Wildman–Crippen LogP) is 7.02. The van der Waals surface area contributed by atoms with E-state index in [4.69, 9.17) is 0 Å². The average Bonchev–Trinajstić information content (AvgIpc) is 2.64. The normalized spacial score (nSPS) is 35.6. The highest BCUT2D eigenvalue weighted by atomic mass is 14.5. The van der Waals surface area contributed by atoms with Gasteiger partial charge in [-0.1, -0.05) is 51.9 Å². The standard InChI is InChI=1S/C22H37N/c1-2-13-21(18-23)16-11-20(12-17-21)22(14-7-4-8-15-22)19-9-5-3-6-10-19/h19-20H,2-17H2,1H3/t20-,21+. The molecule has 3 aliphatic carbocycles. The molecule has 0 N–H and O–H groups in total. The molecular formula is C22H37N. The Morgan fingerprint density at radius 3 is 1.91 bits per heavy atom. The van der Waals surface area contributed by atoms with E-state index in [1.165, 1.54) is 96.3 Å². The van der Waals surface area contributed by atoms with Crippen LogP contribution in [0.4, 0.5) is 0 Å². The number of hydrogen-bond donors (Lipinski definition) is 0. The first kappa shape index (κ1) is 17.3. The van der Waals surface area contributed by atoms with E-state index in [2.05, 4.69) is 13.0 Å². The van der Waals surface area contributed by atoms with Gasteiger partial charge in [-0.2, -0.15) is 5.26 Å². The molecule has 0 atom stereocenters. The van der Waals surface area contributed by atoms with E-state index < -0.39 is 0 Å². The Balaban J connectivity index is 1.73. The van der Waals surface area contributed by atoms with E-state index in [1.54, 1.807) is 0 Å². The van der Waals surface area contributed by atoms with Gasteiger partial charge in [0.25, 0.3) is 0 Å². The molecule has 0 aromatic heterocycles. The van der Waals surface area contributed by atoms with Crippen molar-refractivity contribution in [1.82, 2.24) is 0 Å². The van der Waals surface area contributed by atoms with Crippen LogP contribution in [0.15, 0.2) is 0 Å². The number of hydrogen-bond acceptors (Lipinski definition) is 1. The summed E-state index contributed by atoms with van der Waals surface area (Å²) >= 11 is 0. The van der Waals surface area contributed by atoms with Crippen LogP contribution in [-0.4, -0.2) is 0 Å². The minimum absolute atomic E-state index is 0.0354. The van der Waals surface area contributed by atoms with Crippen molar-refractivity contribution in [3.8, 4) is 6.07 Å². The highest BCUT2D eigenvalue weighted by Crippen LogP contribution is 2.58. The monoisotopic (exact) mass is 315 g/mol. The van der Waals surface area contributed by atoms with E-state index in [-0.39, 0.29) is 5.41 Å². The quantitative estimate of drug-likeness (QED) is 0.547. The molecule has 0 unspecified atom stereocenters. The molecule has 0 aromatic carbocycles. The first-order valence-corrected chi connectivity index (χ1v) is 10.7. The molecule has 1 heteroatoms. The Morgan fingerprint density at radius 1 is 0.783 bits per heavy atom. The molecular weight excluding hydrogens is 278 g/mol. The largest absolute Gasteiger partial charge is 0.198 e. The van der Waals surface area contributed by atoms with E-state index in [9.17, 15) is 5.26 Å². The molecule has 3 aliphatic rings. The lowest BCUT2D eigenvalue weighted by molar-refractivity contribution is -0.0261. The molecule has 0 aromatic rings. The third-order valence-corrected chi connectivity index (χ3v) is 7.92. The van der Waals surface area contributed by atoms with Gasteiger partial charge in [0, 0.05) is 0 Å². The van der Waals surface area contributed by atoms with Gasteiger partial charge >= 0.3 is 0 Å². The van der Waals surface area contributed by atoms with Gasteiger partial charge in [-0.25, -0.2) is 0 Å². The van der Waals surface area contributed by atoms with Gasteiger partial charge in [0.05, 0.1) is 11.5 Å². The Bertz CT molecular complexity index is 398. The van der Waals surface area contributed by atoms with Gasteiger partial charge in [0.1, 0.15) is 0 Å². The predicted molar refractivity (Wildman–Crippen MR) is 97.0 cm³/mol. The van der Waals surface area contributed by atoms with Crippen LogP contribution in [0.2, 0.25) is 0 Å². The van der Waals surface area contributed by atoms with Gasteiger partial charge in [-0.05, 0) is 75.0 Å². The van der Waals surface area contributed by atoms with Crippen LogP contribution in [0.25, 0.3) is 0 Å². The molecule has 0 amide bonds. The molecule has 0 radical (unpaired) electrons. The maximum Gasteiger partial charge on any atom is 0.0689 e. The van der Waals surface area contributed by atoms with Crippen molar-refractivity contribution in [2.75, 3.05) is 0 Å². The smallest absolute Gasteiger partial charge is 0.0689 e. The van der Waals surface area contributed by atoms with Gasteiger partial charge in [-0.3, -0.25) is 0 Å². The van der Waals surface area contributed by atoms with Crippen molar-refractivity contribution in [3.63, 3.8) is 0 Å². The van der Waals surface area contributed by atoms with E-state index in [0.29, 0.717) is 5.41 Å². The van der Waals surface area contributed by atoms with Crippen molar-refractivity contribution in [1.29, 1.82) is 5.26 Å². The van der Waals surface area contributed by atoms with Crippen molar-refractivity contribution >= 4 is 0 Å². The zero-order chi connectivity index (χ0) is 16.2.